The van der Waals surface area contributed by atoms with Crippen molar-refractivity contribution >= 4 is 33.2 Å². The molecule has 8 heteroatoms. The summed E-state index contributed by atoms with van der Waals surface area (Å²) in [5.41, 5.74) is 1.27. The normalized spacial score (nSPS) is 22.2. The third kappa shape index (κ3) is 4.01. The van der Waals surface area contributed by atoms with Gasteiger partial charge in [-0.05, 0) is 48.4 Å². The van der Waals surface area contributed by atoms with Gasteiger partial charge in [-0.2, -0.15) is 0 Å². The number of amides is 2. The number of imide groups is 1. The van der Waals surface area contributed by atoms with E-state index in [-0.39, 0.29) is 41.6 Å². The summed E-state index contributed by atoms with van der Waals surface area (Å²) in [4.78, 5) is 27.9. The van der Waals surface area contributed by atoms with Gasteiger partial charge in [-0.3, -0.25) is 14.5 Å². The lowest BCUT2D eigenvalue weighted by Gasteiger charge is -2.19. The van der Waals surface area contributed by atoms with E-state index in [1.54, 1.807) is 25.1 Å². The molecule has 29 heavy (non-hydrogen) atoms. The van der Waals surface area contributed by atoms with Crippen LogP contribution in [0.25, 0.3) is 0 Å². The minimum Gasteiger partial charge on any atom is -0.278 e. The van der Waals surface area contributed by atoms with Gasteiger partial charge in [-0.1, -0.05) is 31.0 Å². The molecule has 2 unspecified atom stereocenters. The first-order chi connectivity index (χ1) is 13.9. The molecular formula is C21H24N2O4S2. The number of nitrogens with zero attached hydrogens (tertiary/aromatic N) is 1. The Kier molecular flexibility index (Phi) is 5.59. The zero-order valence-electron chi connectivity index (χ0n) is 16.3. The Morgan fingerprint density at radius 1 is 1.10 bits per heavy atom. The minimum atomic E-state index is -3.70. The third-order valence-electron chi connectivity index (χ3n) is 5.83. The molecule has 1 N–H and O–H groups in total. The number of rotatable bonds is 6. The second-order valence-corrected chi connectivity index (χ2v) is 10.5. The lowest BCUT2D eigenvalue weighted by Crippen LogP contribution is -2.30. The Morgan fingerprint density at radius 3 is 2.41 bits per heavy atom. The van der Waals surface area contributed by atoms with Crippen LogP contribution in [0.2, 0.25) is 0 Å². The zero-order chi connectivity index (χ0) is 20.6. The molecule has 1 aromatic carbocycles. The summed E-state index contributed by atoms with van der Waals surface area (Å²) >= 11 is 1.49. The van der Waals surface area contributed by atoms with Crippen LogP contribution in [0.5, 0.6) is 0 Å². The second-order valence-electron chi connectivity index (χ2n) is 7.76. The van der Waals surface area contributed by atoms with E-state index in [0.717, 1.165) is 30.6 Å². The Bertz CT molecular complexity index is 1010. The van der Waals surface area contributed by atoms with E-state index in [1.807, 2.05) is 17.5 Å². The van der Waals surface area contributed by atoms with Gasteiger partial charge in [0, 0.05) is 11.4 Å². The molecule has 1 saturated carbocycles. The van der Waals surface area contributed by atoms with Crippen molar-refractivity contribution in [2.24, 2.45) is 11.8 Å². The monoisotopic (exact) mass is 432 g/mol. The molecule has 0 bridgehead atoms. The van der Waals surface area contributed by atoms with Gasteiger partial charge in [0.25, 0.3) is 0 Å². The maximum absolute atomic E-state index is 12.8. The van der Waals surface area contributed by atoms with Gasteiger partial charge >= 0.3 is 0 Å². The van der Waals surface area contributed by atoms with Crippen LogP contribution in [0.15, 0.2) is 40.6 Å². The Balaban J connectivity index is 1.54. The molecule has 1 saturated heterocycles. The number of thiophene rings is 1. The summed E-state index contributed by atoms with van der Waals surface area (Å²) < 4.78 is 28.3. The van der Waals surface area contributed by atoms with Gasteiger partial charge in [0.2, 0.25) is 21.8 Å². The molecule has 4 rings (SSSR count). The van der Waals surface area contributed by atoms with Crippen molar-refractivity contribution in [3.05, 3.63) is 51.7 Å². The highest BCUT2D eigenvalue weighted by molar-refractivity contribution is 7.89. The summed E-state index contributed by atoms with van der Waals surface area (Å²) in [6.07, 6.45) is 3.51. The van der Waals surface area contributed by atoms with E-state index < -0.39 is 10.0 Å². The number of nitrogens with one attached hydrogen (secondary N) is 1. The quantitative estimate of drug-likeness (QED) is 0.711. The summed E-state index contributed by atoms with van der Waals surface area (Å²) in [5.74, 6) is -0.615. The molecule has 2 aliphatic rings. The van der Waals surface area contributed by atoms with E-state index in [1.165, 1.54) is 16.2 Å². The van der Waals surface area contributed by atoms with Gasteiger partial charge in [0.05, 0.1) is 23.3 Å². The lowest BCUT2D eigenvalue weighted by molar-refractivity contribution is -0.140. The molecule has 2 aromatic rings. The van der Waals surface area contributed by atoms with Gasteiger partial charge in [-0.15, -0.1) is 11.3 Å². The molecule has 1 aromatic heterocycles. The molecule has 1 aliphatic heterocycles. The van der Waals surface area contributed by atoms with Crippen molar-refractivity contribution in [2.45, 2.75) is 50.6 Å². The van der Waals surface area contributed by atoms with Crippen molar-refractivity contribution in [3.8, 4) is 0 Å². The van der Waals surface area contributed by atoms with Gasteiger partial charge in [0.1, 0.15) is 0 Å². The number of carbonyl (C=O) groups is 2. The van der Waals surface area contributed by atoms with Crippen LogP contribution in [0.4, 0.5) is 0 Å². The molecular weight excluding hydrogens is 408 g/mol. The minimum absolute atomic E-state index is 0.111. The number of fused-ring (bicyclic) bond motifs is 1. The van der Waals surface area contributed by atoms with Crippen molar-refractivity contribution < 1.29 is 18.0 Å². The maximum Gasteiger partial charge on any atom is 0.241 e. The number of hydrogen-bond acceptors (Lipinski definition) is 5. The average Bonchev–Trinajstić information content (AvgIpc) is 3.31. The number of benzene rings is 1. The third-order valence-corrected chi connectivity index (χ3v) is 8.25. The summed E-state index contributed by atoms with van der Waals surface area (Å²) in [7, 11) is -3.70. The number of hydrogen-bond donors (Lipinski definition) is 1. The summed E-state index contributed by atoms with van der Waals surface area (Å²) in [5, 5.41) is 1.90. The van der Waals surface area contributed by atoms with Crippen molar-refractivity contribution in [1.29, 1.82) is 0 Å². The highest BCUT2D eigenvalue weighted by atomic mass is 32.2. The fourth-order valence-electron chi connectivity index (χ4n) is 4.26. The fourth-order valence-corrected chi connectivity index (χ4v) is 6.29. The lowest BCUT2D eigenvalue weighted by atomic mass is 9.81. The van der Waals surface area contributed by atoms with E-state index in [9.17, 15) is 18.0 Å². The Labute approximate surface area is 175 Å². The van der Waals surface area contributed by atoms with Crippen molar-refractivity contribution in [3.63, 3.8) is 0 Å². The zero-order valence-corrected chi connectivity index (χ0v) is 17.9. The van der Waals surface area contributed by atoms with E-state index in [2.05, 4.69) is 4.72 Å². The highest BCUT2D eigenvalue weighted by Crippen LogP contribution is 2.38. The van der Waals surface area contributed by atoms with Gasteiger partial charge in [0.15, 0.2) is 0 Å². The summed E-state index contributed by atoms with van der Waals surface area (Å²) in [6.45, 7) is 2.10. The molecule has 1 aliphatic carbocycles. The molecule has 2 heterocycles. The number of aryl methyl sites for hydroxylation is 1. The highest BCUT2D eigenvalue weighted by Gasteiger charge is 2.47. The first-order valence-corrected chi connectivity index (χ1v) is 12.2. The molecule has 2 fully saturated rings. The fraction of sp³-hybridized carbons (Fsp3) is 0.429. The standard InChI is InChI=1S/C21H24N2O4S2/c1-14-8-9-15(11-19(14)29(26,27)22-12-16-5-4-10-28-16)13-23-20(24)17-6-2-3-7-18(17)21(23)25/h4-5,8-11,17-18,22H,2-3,6-7,12-13H2,1H3. The van der Waals surface area contributed by atoms with E-state index in [4.69, 9.17) is 0 Å². The van der Waals surface area contributed by atoms with E-state index in [0.29, 0.717) is 11.1 Å². The average molecular weight is 433 g/mol. The second kappa shape index (κ2) is 8.01. The Morgan fingerprint density at radius 2 is 1.79 bits per heavy atom. The van der Waals surface area contributed by atoms with Crippen LogP contribution in [0.3, 0.4) is 0 Å². The predicted octanol–water partition coefficient (Wildman–Crippen LogP) is 3.21. The van der Waals surface area contributed by atoms with Crippen LogP contribution in [0, 0.1) is 18.8 Å². The van der Waals surface area contributed by atoms with E-state index >= 15 is 0 Å². The van der Waals surface area contributed by atoms with Crippen LogP contribution >= 0.6 is 11.3 Å². The maximum atomic E-state index is 12.8. The number of sulfonamides is 1. The Hall–Kier alpha value is -2.03. The molecule has 2 atom stereocenters. The van der Waals surface area contributed by atoms with Crippen LogP contribution in [-0.2, 0) is 32.7 Å². The van der Waals surface area contributed by atoms with Crippen LogP contribution in [-0.4, -0.2) is 25.1 Å². The molecule has 0 radical (unpaired) electrons. The number of likely N-dealkylation sites (tertiary alicyclic amines) is 1. The molecule has 154 valence electrons. The van der Waals surface area contributed by atoms with Crippen molar-refractivity contribution in [2.75, 3.05) is 0 Å². The molecule has 6 nitrogen and oxygen atoms in total. The van der Waals surface area contributed by atoms with Crippen LogP contribution in [0.1, 0.15) is 41.7 Å². The molecule has 0 spiro atoms. The predicted molar refractivity (Wildman–Crippen MR) is 111 cm³/mol. The van der Waals surface area contributed by atoms with Crippen molar-refractivity contribution in [1.82, 2.24) is 9.62 Å². The molecule has 2 amide bonds. The SMILES string of the molecule is Cc1ccc(CN2C(=O)C3CCCCC3C2=O)cc1S(=O)(=O)NCc1cccs1. The summed E-state index contributed by atoms with van der Waals surface area (Å²) in [6, 6.07) is 8.85. The van der Waals surface area contributed by atoms with Crippen LogP contribution < -0.4 is 4.72 Å². The topological polar surface area (TPSA) is 83.6 Å². The first kappa shape index (κ1) is 20.3. The largest absolute Gasteiger partial charge is 0.278 e. The van der Waals surface area contributed by atoms with Gasteiger partial charge in [-0.25, -0.2) is 13.1 Å². The smallest absolute Gasteiger partial charge is 0.241 e. The first-order valence-electron chi connectivity index (χ1n) is 9.83. The van der Waals surface area contributed by atoms with Gasteiger partial charge < -0.3 is 0 Å². The number of carbonyl (C=O) groups excluding carboxylic acids is 2.